The second-order valence-electron chi connectivity index (χ2n) is 3.29. The number of carbonyl (C=O) groups is 1. The third-order valence-electron chi connectivity index (χ3n) is 2.44. The third kappa shape index (κ3) is 1.97. The van der Waals surface area contributed by atoms with E-state index in [4.69, 9.17) is 0 Å². The molecule has 0 aliphatic carbocycles. The molecule has 1 aliphatic heterocycles. The Hall–Kier alpha value is -0.570. The van der Waals surface area contributed by atoms with Crippen LogP contribution in [0.1, 0.15) is 26.2 Å². The zero-order valence-corrected chi connectivity index (χ0v) is 7.97. The lowest BCUT2D eigenvalue weighted by molar-refractivity contribution is -0.131. The average Bonchev–Trinajstić information content (AvgIpc) is 2.52. The molecule has 0 aromatic heterocycles. The highest BCUT2D eigenvalue weighted by Crippen LogP contribution is 2.17. The van der Waals surface area contributed by atoms with E-state index in [1.807, 2.05) is 18.9 Å². The molecule has 1 atom stereocenters. The molecule has 1 amide bonds. The van der Waals surface area contributed by atoms with Gasteiger partial charge in [-0.1, -0.05) is 6.92 Å². The first-order valence-corrected chi connectivity index (χ1v) is 4.73. The second kappa shape index (κ2) is 4.45. The molecule has 0 aromatic rings. The summed E-state index contributed by atoms with van der Waals surface area (Å²) in [5, 5.41) is 3.12. The maximum Gasteiger partial charge on any atom is 0.222 e. The Morgan fingerprint density at radius 2 is 2.42 bits per heavy atom. The third-order valence-corrected chi connectivity index (χ3v) is 2.44. The molecule has 1 rings (SSSR count). The topological polar surface area (TPSA) is 32.3 Å². The van der Waals surface area contributed by atoms with Gasteiger partial charge in [0.15, 0.2) is 0 Å². The molecule has 1 fully saturated rings. The molecule has 0 saturated carbocycles. The summed E-state index contributed by atoms with van der Waals surface area (Å²) in [6, 6.07) is 0.447. The molecule has 1 aliphatic rings. The maximum atomic E-state index is 11.4. The first-order valence-electron chi connectivity index (χ1n) is 4.73. The van der Waals surface area contributed by atoms with Gasteiger partial charge in [0, 0.05) is 25.6 Å². The number of nitrogens with zero attached hydrogens (tertiary/aromatic N) is 1. The number of carbonyl (C=O) groups excluding carboxylic acids is 1. The number of hydrogen-bond donors (Lipinski definition) is 1. The van der Waals surface area contributed by atoms with Gasteiger partial charge in [-0.2, -0.15) is 0 Å². The summed E-state index contributed by atoms with van der Waals surface area (Å²) in [6.07, 6.45) is 2.96. The fourth-order valence-corrected chi connectivity index (χ4v) is 1.81. The first-order chi connectivity index (χ1) is 5.79. The zero-order valence-electron chi connectivity index (χ0n) is 7.97. The van der Waals surface area contributed by atoms with Gasteiger partial charge in [0.1, 0.15) is 0 Å². The summed E-state index contributed by atoms with van der Waals surface area (Å²) >= 11 is 0. The van der Waals surface area contributed by atoms with E-state index in [9.17, 15) is 4.79 Å². The van der Waals surface area contributed by atoms with Crippen LogP contribution < -0.4 is 5.32 Å². The summed E-state index contributed by atoms with van der Waals surface area (Å²) in [6.45, 7) is 3.82. The van der Waals surface area contributed by atoms with Crippen molar-refractivity contribution in [2.75, 3.05) is 20.1 Å². The highest BCUT2D eigenvalue weighted by atomic mass is 16.2. The minimum Gasteiger partial charge on any atom is -0.338 e. The Labute approximate surface area is 74.1 Å². The Balaban J connectivity index is 2.45. The molecule has 0 radical (unpaired) electrons. The molecule has 70 valence electrons. The predicted molar refractivity (Wildman–Crippen MR) is 49.0 cm³/mol. The van der Waals surface area contributed by atoms with Gasteiger partial charge in [-0.15, -0.1) is 0 Å². The largest absolute Gasteiger partial charge is 0.338 e. The van der Waals surface area contributed by atoms with Gasteiger partial charge in [0.2, 0.25) is 5.91 Å². The molecule has 1 unspecified atom stereocenters. The van der Waals surface area contributed by atoms with Crippen LogP contribution in [0.3, 0.4) is 0 Å². The Morgan fingerprint density at radius 3 is 3.00 bits per heavy atom. The van der Waals surface area contributed by atoms with Crippen molar-refractivity contribution in [2.24, 2.45) is 0 Å². The lowest BCUT2D eigenvalue weighted by Crippen LogP contribution is -2.40. The summed E-state index contributed by atoms with van der Waals surface area (Å²) in [5.41, 5.74) is 0. The van der Waals surface area contributed by atoms with Crippen molar-refractivity contribution >= 4 is 5.91 Å². The number of rotatable bonds is 3. The number of hydrogen-bond acceptors (Lipinski definition) is 2. The van der Waals surface area contributed by atoms with Gasteiger partial charge in [0.05, 0.1) is 0 Å². The van der Waals surface area contributed by atoms with Crippen LogP contribution in [0.15, 0.2) is 0 Å². The van der Waals surface area contributed by atoms with Crippen molar-refractivity contribution < 1.29 is 4.79 Å². The van der Waals surface area contributed by atoms with Gasteiger partial charge in [0.25, 0.3) is 0 Å². The standard InChI is InChI=1S/C9H18N2O/c1-3-9(12)11-6-4-5-8(11)7-10-2/h8,10H,3-7H2,1-2H3. The molecule has 0 bridgehead atoms. The lowest BCUT2D eigenvalue weighted by atomic mass is 10.2. The van der Waals surface area contributed by atoms with E-state index < -0.39 is 0 Å². The molecule has 3 nitrogen and oxygen atoms in total. The van der Waals surface area contributed by atoms with Crippen molar-refractivity contribution in [3.05, 3.63) is 0 Å². The highest BCUT2D eigenvalue weighted by molar-refractivity contribution is 5.76. The summed E-state index contributed by atoms with van der Waals surface area (Å²) in [7, 11) is 1.94. The molecule has 1 N–H and O–H groups in total. The van der Waals surface area contributed by atoms with E-state index in [2.05, 4.69) is 5.32 Å². The summed E-state index contributed by atoms with van der Waals surface area (Å²) < 4.78 is 0. The van der Waals surface area contributed by atoms with Crippen molar-refractivity contribution in [1.29, 1.82) is 0 Å². The van der Waals surface area contributed by atoms with Crippen LogP contribution >= 0.6 is 0 Å². The number of amides is 1. The van der Waals surface area contributed by atoms with Gasteiger partial charge < -0.3 is 10.2 Å². The minimum atomic E-state index is 0.299. The normalized spacial score (nSPS) is 23.2. The molecular formula is C9H18N2O. The molecule has 3 heteroatoms. The molecule has 12 heavy (non-hydrogen) atoms. The highest BCUT2D eigenvalue weighted by Gasteiger charge is 2.26. The second-order valence-corrected chi connectivity index (χ2v) is 3.29. The average molecular weight is 170 g/mol. The van der Waals surface area contributed by atoms with E-state index >= 15 is 0 Å². The van der Waals surface area contributed by atoms with E-state index in [-0.39, 0.29) is 0 Å². The number of nitrogens with one attached hydrogen (secondary N) is 1. The van der Waals surface area contributed by atoms with Crippen molar-refractivity contribution in [3.63, 3.8) is 0 Å². The van der Waals surface area contributed by atoms with Crippen LogP contribution in [-0.4, -0.2) is 37.0 Å². The fraction of sp³-hybridized carbons (Fsp3) is 0.889. The van der Waals surface area contributed by atoms with Gasteiger partial charge in [-0.3, -0.25) is 4.79 Å². The van der Waals surface area contributed by atoms with E-state index in [0.717, 1.165) is 25.9 Å². The Bertz CT molecular complexity index is 159. The van der Waals surface area contributed by atoms with Gasteiger partial charge in [-0.05, 0) is 19.9 Å². The fourth-order valence-electron chi connectivity index (χ4n) is 1.81. The summed E-state index contributed by atoms with van der Waals surface area (Å²) in [4.78, 5) is 13.4. The Kier molecular flexibility index (Phi) is 3.53. The molecule has 1 saturated heterocycles. The van der Waals surface area contributed by atoms with Crippen molar-refractivity contribution in [3.8, 4) is 0 Å². The minimum absolute atomic E-state index is 0.299. The maximum absolute atomic E-state index is 11.4. The molecule has 0 aromatic carbocycles. The summed E-state index contributed by atoms with van der Waals surface area (Å²) in [5.74, 6) is 0.299. The van der Waals surface area contributed by atoms with Crippen molar-refractivity contribution in [1.82, 2.24) is 10.2 Å². The number of likely N-dealkylation sites (N-methyl/N-ethyl adjacent to an activating group) is 1. The van der Waals surface area contributed by atoms with E-state index in [1.165, 1.54) is 0 Å². The van der Waals surface area contributed by atoms with Crippen LogP contribution in [0, 0.1) is 0 Å². The van der Waals surface area contributed by atoms with Crippen LogP contribution in [-0.2, 0) is 4.79 Å². The Morgan fingerprint density at radius 1 is 1.67 bits per heavy atom. The van der Waals surface area contributed by atoms with Crippen LogP contribution in [0.2, 0.25) is 0 Å². The molecular weight excluding hydrogens is 152 g/mol. The van der Waals surface area contributed by atoms with Crippen LogP contribution in [0.25, 0.3) is 0 Å². The number of likely N-dealkylation sites (tertiary alicyclic amines) is 1. The smallest absolute Gasteiger partial charge is 0.222 e. The van der Waals surface area contributed by atoms with Gasteiger partial charge >= 0.3 is 0 Å². The van der Waals surface area contributed by atoms with E-state index in [1.54, 1.807) is 0 Å². The molecule has 1 heterocycles. The van der Waals surface area contributed by atoms with E-state index in [0.29, 0.717) is 18.4 Å². The van der Waals surface area contributed by atoms with Crippen molar-refractivity contribution in [2.45, 2.75) is 32.2 Å². The monoisotopic (exact) mass is 170 g/mol. The molecule has 0 spiro atoms. The lowest BCUT2D eigenvalue weighted by Gasteiger charge is -2.23. The van der Waals surface area contributed by atoms with Gasteiger partial charge in [-0.25, -0.2) is 0 Å². The quantitative estimate of drug-likeness (QED) is 0.673. The first kappa shape index (κ1) is 9.52. The SMILES string of the molecule is CCC(=O)N1CCCC1CNC. The van der Waals surface area contributed by atoms with Crippen LogP contribution in [0.5, 0.6) is 0 Å². The predicted octanol–water partition coefficient (Wildman–Crippen LogP) is 0.607. The van der Waals surface area contributed by atoms with Crippen LogP contribution in [0.4, 0.5) is 0 Å². The zero-order chi connectivity index (χ0) is 8.97.